The summed E-state index contributed by atoms with van der Waals surface area (Å²) in [5.41, 5.74) is 8.22. The molecular weight excluding hydrogens is 575 g/mol. The van der Waals surface area contributed by atoms with Gasteiger partial charge in [0.25, 0.3) is 0 Å². The van der Waals surface area contributed by atoms with Gasteiger partial charge in [-0.05, 0) is 98.4 Å². The van der Waals surface area contributed by atoms with E-state index in [-0.39, 0.29) is 0 Å². The van der Waals surface area contributed by atoms with Crippen molar-refractivity contribution in [3.8, 4) is 22.3 Å². The van der Waals surface area contributed by atoms with Crippen LogP contribution in [0.3, 0.4) is 0 Å². The van der Waals surface area contributed by atoms with Crippen molar-refractivity contribution < 1.29 is 0 Å². The highest BCUT2D eigenvalue weighted by atomic mass is 32.1. The van der Waals surface area contributed by atoms with Crippen molar-refractivity contribution in [2.45, 2.75) is 0 Å². The number of fused-ring (bicyclic) bond motifs is 6. The third kappa shape index (κ3) is 4.63. The fraction of sp³-hybridized carbons (Fsp3) is 0. The van der Waals surface area contributed by atoms with Crippen molar-refractivity contribution in [1.82, 2.24) is 0 Å². The van der Waals surface area contributed by atoms with Crippen LogP contribution in [0.25, 0.3) is 64.0 Å². The highest BCUT2D eigenvalue weighted by molar-refractivity contribution is 7.26. The van der Waals surface area contributed by atoms with E-state index in [1.54, 1.807) is 0 Å². The fourth-order valence-electron chi connectivity index (χ4n) is 6.75. The monoisotopic (exact) mass is 603 g/mol. The predicted octanol–water partition coefficient (Wildman–Crippen LogP) is 13.2. The van der Waals surface area contributed by atoms with Crippen molar-refractivity contribution in [2.75, 3.05) is 4.90 Å². The Kier molecular flexibility index (Phi) is 6.40. The van der Waals surface area contributed by atoms with Crippen LogP contribution >= 0.6 is 11.3 Å². The van der Waals surface area contributed by atoms with E-state index in [9.17, 15) is 0 Å². The lowest BCUT2D eigenvalue weighted by Gasteiger charge is -2.26. The van der Waals surface area contributed by atoms with Crippen LogP contribution in [0.1, 0.15) is 0 Å². The van der Waals surface area contributed by atoms with E-state index in [0.717, 1.165) is 17.1 Å². The zero-order valence-electron chi connectivity index (χ0n) is 25.1. The molecule has 0 radical (unpaired) electrons. The first-order chi connectivity index (χ1) is 22.8. The van der Waals surface area contributed by atoms with Crippen LogP contribution in [-0.4, -0.2) is 0 Å². The Bertz CT molecular complexity index is 2530. The van der Waals surface area contributed by atoms with Gasteiger partial charge in [0.2, 0.25) is 0 Å². The second-order valence-electron chi connectivity index (χ2n) is 11.8. The minimum atomic E-state index is 1.12. The molecule has 1 aromatic heterocycles. The van der Waals surface area contributed by atoms with E-state index >= 15 is 0 Å². The van der Waals surface area contributed by atoms with Gasteiger partial charge in [0.05, 0.1) is 0 Å². The van der Waals surface area contributed by atoms with E-state index in [0.29, 0.717) is 0 Å². The lowest BCUT2D eigenvalue weighted by atomic mass is 10.00. The van der Waals surface area contributed by atoms with Crippen molar-refractivity contribution in [3.05, 3.63) is 176 Å². The van der Waals surface area contributed by atoms with Crippen LogP contribution in [-0.2, 0) is 0 Å². The Morgan fingerprint density at radius 1 is 0.326 bits per heavy atom. The molecule has 9 aromatic rings. The molecule has 0 aliphatic heterocycles. The maximum atomic E-state index is 2.38. The molecule has 0 fully saturated rings. The Balaban J connectivity index is 1.19. The number of hydrogen-bond donors (Lipinski definition) is 0. The lowest BCUT2D eigenvalue weighted by molar-refractivity contribution is 1.29. The predicted molar refractivity (Wildman–Crippen MR) is 200 cm³/mol. The number of rotatable bonds is 5. The maximum absolute atomic E-state index is 2.38. The minimum Gasteiger partial charge on any atom is -0.310 e. The fourth-order valence-corrected chi connectivity index (χ4v) is 7.88. The van der Waals surface area contributed by atoms with Crippen LogP contribution in [0.5, 0.6) is 0 Å². The molecule has 9 rings (SSSR count). The zero-order chi connectivity index (χ0) is 30.5. The molecule has 0 bridgehead atoms. The van der Waals surface area contributed by atoms with Crippen molar-refractivity contribution in [3.63, 3.8) is 0 Å². The second-order valence-corrected chi connectivity index (χ2v) is 12.9. The van der Waals surface area contributed by atoms with Crippen molar-refractivity contribution >= 4 is 70.1 Å². The minimum absolute atomic E-state index is 1.12. The highest BCUT2D eigenvalue weighted by Gasteiger charge is 2.16. The maximum Gasteiger partial charge on any atom is 0.0468 e. The van der Waals surface area contributed by atoms with Crippen LogP contribution in [0.2, 0.25) is 0 Å². The van der Waals surface area contributed by atoms with Gasteiger partial charge < -0.3 is 4.90 Å². The summed E-state index contributed by atoms with van der Waals surface area (Å²) in [7, 11) is 0. The van der Waals surface area contributed by atoms with Gasteiger partial charge >= 0.3 is 0 Å². The Morgan fingerprint density at radius 3 is 1.87 bits per heavy atom. The number of nitrogens with zero attached hydrogens (tertiary/aromatic N) is 1. The average Bonchev–Trinajstić information content (AvgIpc) is 3.52. The van der Waals surface area contributed by atoms with Gasteiger partial charge in [-0.15, -0.1) is 11.3 Å². The van der Waals surface area contributed by atoms with Gasteiger partial charge in [-0.2, -0.15) is 0 Å². The summed E-state index contributed by atoms with van der Waals surface area (Å²) >= 11 is 1.87. The van der Waals surface area contributed by atoms with Crippen molar-refractivity contribution in [1.29, 1.82) is 0 Å². The molecular formula is C44H29NS. The molecule has 216 valence electrons. The van der Waals surface area contributed by atoms with Gasteiger partial charge in [0.15, 0.2) is 0 Å². The molecule has 0 amide bonds. The molecule has 0 aliphatic carbocycles. The molecule has 46 heavy (non-hydrogen) atoms. The first kappa shape index (κ1) is 26.7. The molecule has 0 atom stereocenters. The largest absolute Gasteiger partial charge is 0.310 e. The van der Waals surface area contributed by atoms with Gasteiger partial charge in [0.1, 0.15) is 0 Å². The summed E-state index contributed by atoms with van der Waals surface area (Å²) in [4.78, 5) is 2.38. The zero-order valence-corrected chi connectivity index (χ0v) is 25.9. The molecule has 0 spiro atoms. The molecule has 1 heterocycles. The number of benzene rings is 8. The smallest absolute Gasteiger partial charge is 0.0468 e. The van der Waals surface area contributed by atoms with Crippen LogP contribution in [0.4, 0.5) is 17.1 Å². The topological polar surface area (TPSA) is 3.24 Å². The molecule has 1 nitrogen and oxygen atoms in total. The Labute approximate surface area is 272 Å². The first-order valence-corrected chi connectivity index (χ1v) is 16.5. The summed E-state index contributed by atoms with van der Waals surface area (Å²) < 4.78 is 2.66. The summed E-state index contributed by atoms with van der Waals surface area (Å²) in [6, 6.07) is 64.0. The molecule has 0 aliphatic rings. The lowest BCUT2D eigenvalue weighted by Crippen LogP contribution is -2.10. The van der Waals surface area contributed by atoms with Crippen LogP contribution in [0.15, 0.2) is 176 Å². The standard InChI is InChI=1S/C44H29NS/c1-2-9-30(10-3-1)34-13-8-14-38(28-34)45(37-22-19-32(20-23-37)35-18-17-31-11-4-5-12-33(31)27-35)39-24-25-40-36(29-39)21-26-43-44(40)41-15-6-7-16-42(41)46-43/h1-29H. The summed E-state index contributed by atoms with van der Waals surface area (Å²) in [5.74, 6) is 0. The molecule has 8 aromatic carbocycles. The van der Waals surface area contributed by atoms with Crippen LogP contribution in [0, 0.1) is 0 Å². The summed E-state index contributed by atoms with van der Waals surface area (Å²) in [6.45, 7) is 0. The quantitative estimate of drug-likeness (QED) is 0.189. The Morgan fingerprint density at radius 2 is 0.978 bits per heavy atom. The normalized spacial score (nSPS) is 11.5. The summed E-state index contributed by atoms with van der Waals surface area (Å²) in [5, 5.41) is 7.73. The first-order valence-electron chi connectivity index (χ1n) is 15.7. The number of thiophene rings is 1. The average molecular weight is 604 g/mol. The van der Waals surface area contributed by atoms with Gasteiger partial charge in [-0.1, -0.05) is 121 Å². The number of hydrogen-bond acceptors (Lipinski definition) is 2. The van der Waals surface area contributed by atoms with Gasteiger partial charge in [-0.25, -0.2) is 0 Å². The third-order valence-electron chi connectivity index (χ3n) is 9.02. The molecule has 0 unspecified atom stereocenters. The van der Waals surface area contributed by atoms with E-state index < -0.39 is 0 Å². The third-order valence-corrected chi connectivity index (χ3v) is 10.2. The SMILES string of the molecule is c1ccc(-c2cccc(N(c3ccc(-c4ccc5ccccc5c4)cc3)c3ccc4c(ccc5sc6ccccc6c54)c3)c2)cc1. The van der Waals surface area contributed by atoms with Gasteiger partial charge in [0, 0.05) is 37.2 Å². The molecule has 0 N–H and O–H groups in total. The molecule has 2 heteroatoms. The van der Waals surface area contributed by atoms with E-state index in [4.69, 9.17) is 0 Å². The van der Waals surface area contributed by atoms with Crippen LogP contribution < -0.4 is 4.90 Å². The molecule has 0 saturated heterocycles. The second kappa shape index (κ2) is 11.0. The van der Waals surface area contributed by atoms with Crippen molar-refractivity contribution in [2.24, 2.45) is 0 Å². The van der Waals surface area contributed by atoms with E-state index in [2.05, 4.69) is 181 Å². The number of anilines is 3. The highest BCUT2D eigenvalue weighted by Crippen LogP contribution is 2.42. The molecule has 0 saturated carbocycles. The van der Waals surface area contributed by atoms with E-state index in [1.165, 1.54) is 64.0 Å². The summed E-state index contributed by atoms with van der Waals surface area (Å²) in [6.07, 6.45) is 0. The van der Waals surface area contributed by atoms with E-state index in [1.807, 2.05) is 11.3 Å². The van der Waals surface area contributed by atoms with Gasteiger partial charge in [-0.3, -0.25) is 0 Å². The Hall–Kier alpha value is -5.70.